The quantitative estimate of drug-likeness (QED) is 0.692. The molecule has 0 saturated carbocycles. The lowest BCUT2D eigenvalue weighted by atomic mass is 9.98. The van der Waals surface area contributed by atoms with Gasteiger partial charge in [-0.1, -0.05) is 5.16 Å². The fourth-order valence-corrected chi connectivity index (χ4v) is 5.78. The Bertz CT molecular complexity index is 784. The van der Waals surface area contributed by atoms with Crippen molar-refractivity contribution in [1.82, 2.24) is 19.7 Å². The standard InChI is InChI=1S/C19H32N4O5S/c1-14-19(15(2)28-21-14)29(25,26)20-8-10-23(17-6-11-27-12-7-17)18-5-4-9-22(13-18)16(3)24/h17-18,20H,4-13H2,1-3H3. The van der Waals surface area contributed by atoms with Crippen LogP contribution in [-0.2, 0) is 19.6 Å². The zero-order valence-corrected chi connectivity index (χ0v) is 18.3. The van der Waals surface area contributed by atoms with Crippen LogP contribution in [0.15, 0.2) is 9.42 Å². The van der Waals surface area contributed by atoms with Gasteiger partial charge in [0, 0.05) is 58.4 Å². The monoisotopic (exact) mass is 428 g/mol. The SMILES string of the molecule is CC(=O)N1CCCC(N(CCNS(=O)(=O)c2c(C)noc2C)C2CCOCC2)C1. The Morgan fingerprint density at radius 2 is 1.97 bits per heavy atom. The van der Waals surface area contributed by atoms with Gasteiger partial charge in [0.05, 0.1) is 0 Å². The molecule has 0 bridgehead atoms. The number of sulfonamides is 1. The van der Waals surface area contributed by atoms with Crippen LogP contribution in [0.2, 0.25) is 0 Å². The molecule has 10 heteroatoms. The van der Waals surface area contributed by atoms with Crippen LogP contribution >= 0.6 is 0 Å². The average molecular weight is 429 g/mol. The van der Waals surface area contributed by atoms with E-state index in [2.05, 4.69) is 14.8 Å². The Kier molecular flexibility index (Phi) is 7.31. The van der Waals surface area contributed by atoms with E-state index in [1.54, 1.807) is 20.8 Å². The van der Waals surface area contributed by atoms with E-state index in [0.717, 1.165) is 45.4 Å². The molecule has 1 N–H and O–H groups in total. The molecule has 2 fully saturated rings. The molecule has 9 nitrogen and oxygen atoms in total. The number of aromatic nitrogens is 1. The highest BCUT2D eigenvalue weighted by Gasteiger charge is 2.32. The Morgan fingerprint density at radius 3 is 2.59 bits per heavy atom. The number of piperidine rings is 1. The van der Waals surface area contributed by atoms with Crippen LogP contribution in [0.5, 0.6) is 0 Å². The predicted octanol–water partition coefficient (Wildman–Crippen LogP) is 1.06. The van der Waals surface area contributed by atoms with Crippen molar-refractivity contribution < 1.29 is 22.5 Å². The lowest BCUT2D eigenvalue weighted by molar-refractivity contribution is -0.131. The molecule has 29 heavy (non-hydrogen) atoms. The predicted molar refractivity (Wildman–Crippen MR) is 107 cm³/mol. The van der Waals surface area contributed by atoms with Gasteiger partial charge in [-0.05, 0) is 39.5 Å². The molecule has 0 radical (unpaired) electrons. The van der Waals surface area contributed by atoms with Crippen molar-refractivity contribution in [1.29, 1.82) is 0 Å². The van der Waals surface area contributed by atoms with Gasteiger partial charge < -0.3 is 14.2 Å². The van der Waals surface area contributed by atoms with E-state index in [4.69, 9.17) is 9.26 Å². The van der Waals surface area contributed by atoms with Crippen LogP contribution in [0.25, 0.3) is 0 Å². The van der Waals surface area contributed by atoms with Crippen molar-refractivity contribution in [2.24, 2.45) is 0 Å². The van der Waals surface area contributed by atoms with Crippen LogP contribution < -0.4 is 4.72 Å². The van der Waals surface area contributed by atoms with Gasteiger partial charge >= 0.3 is 0 Å². The van der Waals surface area contributed by atoms with Crippen LogP contribution in [-0.4, -0.2) is 80.8 Å². The van der Waals surface area contributed by atoms with E-state index in [-0.39, 0.29) is 16.8 Å². The number of carbonyl (C=O) groups is 1. The van der Waals surface area contributed by atoms with Gasteiger partial charge in [-0.25, -0.2) is 13.1 Å². The first-order valence-electron chi connectivity index (χ1n) is 10.3. The number of nitrogens with one attached hydrogen (secondary N) is 1. The van der Waals surface area contributed by atoms with Crippen molar-refractivity contribution in [2.75, 3.05) is 39.4 Å². The second-order valence-electron chi connectivity index (χ2n) is 7.89. The average Bonchev–Trinajstić information content (AvgIpc) is 3.05. The third kappa shape index (κ3) is 5.36. The van der Waals surface area contributed by atoms with Gasteiger partial charge in [0.15, 0.2) is 5.76 Å². The fraction of sp³-hybridized carbons (Fsp3) is 0.789. The second-order valence-corrected chi connectivity index (χ2v) is 9.60. The molecule has 1 unspecified atom stereocenters. The molecule has 2 saturated heterocycles. The number of likely N-dealkylation sites (tertiary alicyclic amines) is 1. The van der Waals surface area contributed by atoms with E-state index in [9.17, 15) is 13.2 Å². The zero-order chi connectivity index (χ0) is 21.0. The highest BCUT2D eigenvalue weighted by Crippen LogP contribution is 2.23. The largest absolute Gasteiger partial charge is 0.381 e. The van der Waals surface area contributed by atoms with Crippen LogP contribution in [0.1, 0.15) is 44.1 Å². The summed E-state index contributed by atoms with van der Waals surface area (Å²) in [6, 6.07) is 0.573. The lowest BCUT2D eigenvalue weighted by Crippen LogP contribution is -2.55. The number of aryl methyl sites for hydroxylation is 2. The first-order chi connectivity index (χ1) is 13.8. The Labute approximate surface area is 172 Å². The Morgan fingerprint density at radius 1 is 1.24 bits per heavy atom. The minimum Gasteiger partial charge on any atom is -0.381 e. The summed E-state index contributed by atoms with van der Waals surface area (Å²) in [5.74, 6) is 0.390. The number of hydrogen-bond donors (Lipinski definition) is 1. The molecule has 3 rings (SSSR count). The molecule has 0 aliphatic carbocycles. The van der Waals surface area contributed by atoms with Gasteiger partial charge in [0.25, 0.3) is 0 Å². The first kappa shape index (κ1) is 22.2. The number of carbonyl (C=O) groups excluding carboxylic acids is 1. The summed E-state index contributed by atoms with van der Waals surface area (Å²) in [5, 5.41) is 3.74. The number of ether oxygens (including phenoxy) is 1. The van der Waals surface area contributed by atoms with Gasteiger partial charge in [-0.2, -0.15) is 0 Å². The van der Waals surface area contributed by atoms with E-state index < -0.39 is 10.0 Å². The van der Waals surface area contributed by atoms with Crippen LogP contribution in [0, 0.1) is 13.8 Å². The van der Waals surface area contributed by atoms with Crippen molar-refractivity contribution in [3.05, 3.63) is 11.5 Å². The molecule has 1 amide bonds. The summed E-state index contributed by atoms with van der Waals surface area (Å²) in [6.45, 7) is 8.64. The molecule has 1 aromatic heterocycles. The molecule has 2 aliphatic heterocycles. The summed E-state index contributed by atoms with van der Waals surface area (Å²) in [7, 11) is -3.68. The van der Waals surface area contributed by atoms with Gasteiger partial charge in [0.1, 0.15) is 10.6 Å². The van der Waals surface area contributed by atoms with E-state index in [0.29, 0.717) is 37.1 Å². The Balaban J connectivity index is 1.68. The van der Waals surface area contributed by atoms with Gasteiger partial charge in [-0.15, -0.1) is 0 Å². The van der Waals surface area contributed by atoms with E-state index in [1.165, 1.54) is 0 Å². The number of nitrogens with zero attached hydrogens (tertiary/aromatic N) is 3. The third-order valence-electron chi connectivity index (χ3n) is 5.87. The normalized spacial score (nSPS) is 21.7. The molecule has 1 atom stereocenters. The lowest BCUT2D eigenvalue weighted by Gasteiger charge is -2.44. The minimum atomic E-state index is -3.68. The molecule has 0 spiro atoms. The summed E-state index contributed by atoms with van der Waals surface area (Å²) >= 11 is 0. The molecule has 0 aromatic carbocycles. The van der Waals surface area contributed by atoms with Crippen LogP contribution in [0.3, 0.4) is 0 Å². The smallest absolute Gasteiger partial charge is 0.246 e. The number of rotatable bonds is 7. The summed E-state index contributed by atoms with van der Waals surface area (Å²) in [6.07, 6.45) is 3.83. The van der Waals surface area contributed by atoms with Crippen molar-refractivity contribution in [3.63, 3.8) is 0 Å². The van der Waals surface area contributed by atoms with Gasteiger partial charge in [0.2, 0.25) is 15.9 Å². The van der Waals surface area contributed by atoms with Crippen molar-refractivity contribution in [3.8, 4) is 0 Å². The second kappa shape index (κ2) is 9.55. The Hall–Kier alpha value is -1.49. The fourth-order valence-electron chi connectivity index (χ4n) is 4.43. The summed E-state index contributed by atoms with van der Waals surface area (Å²) in [4.78, 5) is 16.3. The third-order valence-corrected chi connectivity index (χ3v) is 7.57. The van der Waals surface area contributed by atoms with Crippen LogP contribution in [0.4, 0.5) is 0 Å². The molecular formula is C19H32N4O5S. The van der Waals surface area contributed by atoms with Gasteiger partial charge in [-0.3, -0.25) is 9.69 Å². The van der Waals surface area contributed by atoms with Crippen molar-refractivity contribution in [2.45, 2.75) is 63.4 Å². The molecule has 2 aliphatic rings. The highest BCUT2D eigenvalue weighted by atomic mass is 32.2. The first-order valence-corrected chi connectivity index (χ1v) is 11.8. The van der Waals surface area contributed by atoms with E-state index >= 15 is 0 Å². The summed E-state index contributed by atoms with van der Waals surface area (Å²) < 4.78 is 38.6. The number of amides is 1. The maximum atomic E-state index is 12.7. The maximum absolute atomic E-state index is 12.7. The maximum Gasteiger partial charge on any atom is 0.246 e. The molecule has 164 valence electrons. The van der Waals surface area contributed by atoms with Crippen molar-refractivity contribution >= 4 is 15.9 Å². The highest BCUT2D eigenvalue weighted by molar-refractivity contribution is 7.89. The minimum absolute atomic E-state index is 0.0979. The van der Waals surface area contributed by atoms with E-state index in [1.807, 2.05) is 4.90 Å². The molecule has 3 heterocycles. The molecule has 1 aromatic rings. The molecular weight excluding hydrogens is 396 g/mol. The number of hydrogen-bond acceptors (Lipinski definition) is 7. The summed E-state index contributed by atoms with van der Waals surface area (Å²) in [5.41, 5.74) is 0.362. The topological polar surface area (TPSA) is 105 Å². The zero-order valence-electron chi connectivity index (χ0n) is 17.5.